The minimum absolute atomic E-state index is 0.397. The first-order chi connectivity index (χ1) is 8.70. The van der Waals surface area contributed by atoms with Crippen LogP contribution in [0.3, 0.4) is 0 Å². The van der Waals surface area contributed by atoms with Gasteiger partial charge in [-0.15, -0.1) is 0 Å². The van der Waals surface area contributed by atoms with Gasteiger partial charge in [0.15, 0.2) is 5.69 Å². The summed E-state index contributed by atoms with van der Waals surface area (Å²) < 4.78 is 0. The van der Waals surface area contributed by atoms with Crippen LogP contribution in [-0.2, 0) is 0 Å². The molecular weight excluding hydrogens is 224 g/mol. The van der Waals surface area contributed by atoms with E-state index in [-0.39, 0.29) is 0 Å². The Labute approximate surface area is 107 Å². The summed E-state index contributed by atoms with van der Waals surface area (Å²) in [5, 5.41) is 12.1. The number of nitriles is 1. The van der Waals surface area contributed by atoms with Gasteiger partial charge in [0.25, 0.3) is 0 Å². The molecule has 0 amide bonds. The van der Waals surface area contributed by atoms with Crippen molar-refractivity contribution in [1.82, 2.24) is 4.98 Å². The summed E-state index contributed by atoms with van der Waals surface area (Å²) in [7, 11) is 3.99. The second kappa shape index (κ2) is 5.19. The predicted octanol–water partition coefficient (Wildman–Crippen LogP) is 2.76. The maximum Gasteiger partial charge on any atom is 0.163 e. The predicted molar refractivity (Wildman–Crippen MR) is 73.0 cm³/mol. The number of nitrogens with one attached hydrogen (secondary N) is 1. The molecule has 0 saturated carbocycles. The first-order valence-corrected chi connectivity index (χ1v) is 5.60. The molecule has 0 aliphatic heterocycles. The van der Waals surface area contributed by atoms with Gasteiger partial charge in [-0.25, -0.2) is 4.98 Å². The maximum atomic E-state index is 8.95. The highest BCUT2D eigenvalue weighted by molar-refractivity contribution is 5.66. The molecule has 18 heavy (non-hydrogen) atoms. The zero-order valence-electron chi connectivity index (χ0n) is 10.4. The number of nitrogens with zero attached hydrogens (tertiary/aromatic N) is 3. The molecule has 1 aromatic carbocycles. The van der Waals surface area contributed by atoms with Gasteiger partial charge in [-0.05, 0) is 36.4 Å². The molecule has 0 radical (unpaired) electrons. The zero-order chi connectivity index (χ0) is 13.0. The fourth-order valence-electron chi connectivity index (χ4n) is 1.59. The molecule has 4 nitrogen and oxygen atoms in total. The fourth-order valence-corrected chi connectivity index (χ4v) is 1.59. The van der Waals surface area contributed by atoms with Crippen molar-refractivity contribution in [2.75, 3.05) is 24.3 Å². The molecule has 0 aliphatic carbocycles. The third-order valence-corrected chi connectivity index (χ3v) is 2.58. The van der Waals surface area contributed by atoms with Crippen molar-refractivity contribution in [3.63, 3.8) is 0 Å². The van der Waals surface area contributed by atoms with Gasteiger partial charge >= 0.3 is 0 Å². The van der Waals surface area contributed by atoms with Gasteiger partial charge in [0.2, 0.25) is 0 Å². The Morgan fingerprint density at radius 1 is 1.17 bits per heavy atom. The molecule has 0 spiro atoms. The number of hydrogen-bond acceptors (Lipinski definition) is 4. The van der Waals surface area contributed by atoms with Crippen molar-refractivity contribution in [2.24, 2.45) is 0 Å². The van der Waals surface area contributed by atoms with Crippen LogP contribution in [-0.4, -0.2) is 19.1 Å². The van der Waals surface area contributed by atoms with Crippen molar-refractivity contribution in [3.05, 3.63) is 48.3 Å². The summed E-state index contributed by atoms with van der Waals surface area (Å²) >= 11 is 0. The lowest BCUT2D eigenvalue weighted by atomic mass is 10.2. The van der Waals surface area contributed by atoms with Gasteiger partial charge in [0, 0.05) is 31.7 Å². The molecule has 0 aliphatic rings. The lowest BCUT2D eigenvalue weighted by molar-refractivity contribution is 1.13. The zero-order valence-corrected chi connectivity index (χ0v) is 10.4. The van der Waals surface area contributed by atoms with Crippen molar-refractivity contribution >= 4 is 17.1 Å². The highest BCUT2D eigenvalue weighted by atomic mass is 15.1. The van der Waals surface area contributed by atoms with Crippen LogP contribution in [0, 0.1) is 11.3 Å². The Bertz CT molecular complexity index is 567. The first-order valence-electron chi connectivity index (χ1n) is 5.60. The fraction of sp³-hybridized carbons (Fsp3) is 0.143. The smallest absolute Gasteiger partial charge is 0.163 e. The van der Waals surface area contributed by atoms with Crippen molar-refractivity contribution < 1.29 is 0 Å². The molecule has 1 heterocycles. The molecule has 2 aromatic rings. The van der Waals surface area contributed by atoms with Crippen LogP contribution < -0.4 is 10.2 Å². The van der Waals surface area contributed by atoms with Gasteiger partial charge in [0.1, 0.15) is 6.07 Å². The lowest BCUT2D eigenvalue weighted by Gasteiger charge is -2.13. The summed E-state index contributed by atoms with van der Waals surface area (Å²) in [4.78, 5) is 6.04. The Kier molecular flexibility index (Phi) is 3.44. The lowest BCUT2D eigenvalue weighted by Crippen LogP contribution is -2.08. The summed E-state index contributed by atoms with van der Waals surface area (Å²) in [5.74, 6) is 0. The molecule has 0 unspecified atom stereocenters. The van der Waals surface area contributed by atoms with E-state index in [0.29, 0.717) is 5.69 Å². The van der Waals surface area contributed by atoms with E-state index in [9.17, 15) is 0 Å². The first kappa shape index (κ1) is 11.9. The van der Waals surface area contributed by atoms with Crippen LogP contribution >= 0.6 is 0 Å². The second-order valence-corrected chi connectivity index (χ2v) is 4.08. The van der Waals surface area contributed by atoms with Crippen LogP contribution in [0.5, 0.6) is 0 Å². The van der Waals surface area contributed by atoms with Gasteiger partial charge in [0.05, 0.1) is 5.69 Å². The van der Waals surface area contributed by atoms with E-state index >= 15 is 0 Å². The van der Waals surface area contributed by atoms with Crippen LogP contribution in [0.4, 0.5) is 17.1 Å². The average Bonchev–Trinajstić information content (AvgIpc) is 2.40. The quantitative estimate of drug-likeness (QED) is 0.893. The summed E-state index contributed by atoms with van der Waals surface area (Å²) in [5.41, 5.74) is 3.18. The van der Waals surface area contributed by atoms with E-state index in [2.05, 4.69) is 16.4 Å². The second-order valence-electron chi connectivity index (χ2n) is 4.08. The highest BCUT2D eigenvalue weighted by Crippen LogP contribution is 2.21. The SMILES string of the molecule is CN(C)c1ccc(Nc2cccnc2C#N)cc1. The summed E-state index contributed by atoms with van der Waals surface area (Å²) in [6, 6.07) is 13.7. The van der Waals surface area contributed by atoms with Gasteiger partial charge in [-0.1, -0.05) is 0 Å². The van der Waals surface area contributed by atoms with Crippen LogP contribution in [0.2, 0.25) is 0 Å². The van der Waals surface area contributed by atoms with E-state index in [4.69, 9.17) is 5.26 Å². The standard InChI is InChI=1S/C14H14N4/c1-18(2)12-7-5-11(6-8-12)17-13-4-3-9-16-14(13)10-15/h3-9,17H,1-2H3. The molecule has 0 saturated heterocycles. The number of anilines is 3. The van der Waals surface area contributed by atoms with E-state index in [1.54, 1.807) is 12.3 Å². The Hall–Kier alpha value is -2.54. The van der Waals surface area contributed by atoms with E-state index in [1.807, 2.05) is 49.3 Å². The molecule has 0 fully saturated rings. The largest absolute Gasteiger partial charge is 0.378 e. The van der Waals surface area contributed by atoms with Crippen LogP contribution in [0.15, 0.2) is 42.6 Å². The molecule has 2 rings (SSSR count). The van der Waals surface area contributed by atoms with Gasteiger partial charge in [-0.3, -0.25) is 0 Å². The molecule has 4 heteroatoms. The number of hydrogen-bond donors (Lipinski definition) is 1. The summed E-state index contributed by atoms with van der Waals surface area (Å²) in [6.45, 7) is 0. The minimum atomic E-state index is 0.397. The number of pyridine rings is 1. The third kappa shape index (κ3) is 2.58. The number of benzene rings is 1. The van der Waals surface area contributed by atoms with E-state index in [0.717, 1.165) is 17.1 Å². The molecule has 1 aromatic heterocycles. The Morgan fingerprint density at radius 2 is 1.89 bits per heavy atom. The summed E-state index contributed by atoms with van der Waals surface area (Å²) in [6.07, 6.45) is 1.61. The molecular formula is C14H14N4. The maximum absolute atomic E-state index is 8.95. The van der Waals surface area contributed by atoms with Crippen LogP contribution in [0.1, 0.15) is 5.69 Å². The Balaban J connectivity index is 2.22. The normalized spacial score (nSPS) is 9.61. The number of aromatic nitrogens is 1. The monoisotopic (exact) mass is 238 g/mol. The topological polar surface area (TPSA) is 52.0 Å². The molecule has 0 atom stereocenters. The minimum Gasteiger partial charge on any atom is -0.378 e. The van der Waals surface area contributed by atoms with Gasteiger partial charge in [-0.2, -0.15) is 5.26 Å². The number of rotatable bonds is 3. The van der Waals surface area contributed by atoms with E-state index in [1.165, 1.54) is 0 Å². The molecule has 0 bridgehead atoms. The van der Waals surface area contributed by atoms with Crippen molar-refractivity contribution in [1.29, 1.82) is 5.26 Å². The highest BCUT2D eigenvalue weighted by Gasteiger charge is 2.02. The van der Waals surface area contributed by atoms with Crippen molar-refractivity contribution in [2.45, 2.75) is 0 Å². The van der Waals surface area contributed by atoms with Crippen LogP contribution in [0.25, 0.3) is 0 Å². The third-order valence-electron chi connectivity index (χ3n) is 2.58. The molecule has 90 valence electrons. The van der Waals surface area contributed by atoms with Gasteiger partial charge < -0.3 is 10.2 Å². The van der Waals surface area contributed by atoms with E-state index < -0.39 is 0 Å². The van der Waals surface area contributed by atoms with Crippen molar-refractivity contribution in [3.8, 4) is 6.07 Å². The molecule has 1 N–H and O–H groups in total. The average molecular weight is 238 g/mol. The Morgan fingerprint density at radius 3 is 2.50 bits per heavy atom.